The van der Waals surface area contributed by atoms with Crippen LogP contribution in [0, 0.1) is 0 Å². The van der Waals surface area contributed by atoms with Crippen molar-refractivity contribution in [2.24, 2.45) is 0 Å². The number of likely N-dealkylation sites (N-methyl/N-ethyl adjacent to an activating group) is 2. The summed E-state index contributed by atoms with van der Waals surface area (Å²) in [7, 11) is 3.46. The molecule has 16 heavy (non-hydrogen) atoms. The number of amides is 1. The van der Waals surface area contributed by atoms with E-state index in [1.807, 2.05) is 6.26 Å². The summed E-state index contributed by atoms with van der Waals surface area (Å²) in [6, 6.07) is -0.518. The van der Waals surface area contributed by atoms with Crippen LogP contribution in [0.4, 0.5) is 0 Å². The number of Topliss-reactive ketones (excluding diaryl/α,β-unsaturated/α-hetero) is 1. The van der Waals surface area contributed by atoms with Gasteiger partial charge in [-0.3, -0.25) is 9.59 Å². The Morgan fingerprint density at radius 1 is 1.19 bits per heavy atom. The van der Waals surface area contributed by atoms with Gasteiger partial charge in [-0.1, -0.05) is 0 Å². The third-order valence-corrected chi connectivity index (χ3v) is 2.98. The molecular weight excluding hydrogens is 226 g/mol. The first-order chi connectivity index (χ1) is 7.56. The monoisotopic (exact) mass is 247 g/mol. The zero-order valence-electron chi connectivity index (χ0n) is 10.3. The van der Waals surface area contributed by atoms with Crippen molar-refractivity contribution >= 4 is 23.5 Å². The highest BCUT2D eigenvalue weighted by molar-refractivity contribution is 7.98. The van der Waals surface area contributed by atoms with Crippen LogP contribution in [0.2, 0.25) is 0 Å². The molecule has 0 radical (unpaired) electrons. The average Bonchev–Trinajstić information content (AvgIpc) is 2.25. The summed E-state index contributed by atoms with van der Waals surface area (Å²) in [5.41, 5.74) is 0. The van der Waals surface area contributed by atoms with E-state index >= 15 is 0 Å². The lowest BCUT2D eigenvalue weighted by molar-refractivity contribution is -0.123. The van der Waals surface area contributed by atoms with Crippen molar-refractivity contribution in [1.29, 1.82) is 0 Å². The van der Waals surface area contributed by atoms with Crippen LogP contribution in [0.1, 0.15) is 6.92 Å². The fourth-order valence-corrected chi connectivity index (χ4v) is 1.88. The Balaban J connectivity index is 4.07. The van der Waals surface area contributed by atoms with Crippen LogP contribution in [-0.2, 0) is 9.59 Å². The number of thioether (sulfide) groups is 1. The highest BCUT2D eigenvalue weighted by Gasteiger charge is 2.18. The van der Waals surface area contributed by atoms with Gasteiger partial charge in [0.05, 0.1) is 12.1 Å². The van der Waals surface area contributed by atoms with E-state index in [-0.39, 0.29) is 23.8 Å². The molecule has 0 aliphatic carbocycles. The Hall–Kier alpha value is -0.590. The molecule has 3 N–H and O–H groups in total. The topological polar surface area (TPSA) is 70.2 Å². The maximum atomic E-state index is 11.7. The lowest BCUT2D eigenvalue weighted by Crippen LogP contribution is -2.49. The van der Waals surface area contributed by atoms with E-state index in [9.17, 15) is 9.59 Å². The second kappa shape index (κ2) is 8.55. The molecule has 0 aromatic rings. The standard InChI is InChI=1S/C10H21N3O2S/c1-7(14)8(11-2)5-13-10(15)9(12-3)6-16-4/h8-9,11-12H,5-6H2,1-4H3,(H,13,15)/t8-,9-/m0/s1. The lowest BCUT2D eigenvalue weighted by atomic mass is 10.2. The van der Waals surface area contributed by atoms with Gasteiger partial charge in [-0.25, -0.2) is 0 Å². The highest BCUT2D eigenvalue weighted by atomic mass is 32.2. The van der Waals surface area contributed by atoms with Crippen LogP contribution >= 0.6 is 11.8 Å². The summed E-state index contributed by atoms with van der Waals surface area (Å²) in [5, 5.41) is 8.54. The maximum Gasteiger partial charge on any atom is 0.238 e. The van der Waals surface area contributed by atoms with Crippen molar-refractivity contribution in [1.82, 2.24) is 16.0 Å². The summed E-state index contributed by atoms with van der Waals surface area (Å²) < 4.78 is 0. The molecule has 0 aliphatic heterocycles. The van der Waals surface area contributed by atoms with Gasteiger partial charge in [0.15, 0.2) is 0 Å². The lowest BCUT2D eigenvalue weighted by Gasteiger charge is -2.18. The van der Waals surface area contributed by atoms with Gasteiger partial charge < -0.3 is 16.0 Å². The van der Waals surface area contributed by atoms with Gasteiger partial charge in [0, 0.05) is 12.3 Å². The molecule has 0 fully saturated rings. The first-order valence-corrected chi connectivity index (χ1v) is 6.57. The number of ketones is 1. The first kappa shape index (κ1) is 15.4. The van der Waals surface area contributed by atoms with Gasteiger partial charge in [-0.05, 0) is 27.3 Å². The highest BCUT2D eigenvalue weighted by Crippen LogP contribution is 1.96. The number of rotatable bonds is 8. The summed E-state index contributed by atoms with van der Waals surface area (Å²) in [6.07, 6.45) is 1.95. The van der Waals surface area contributed by atoms with E-state index in [2.05, 4.69) is 16.0 Å². The molecule has 5 nitrogen and oxygen atoms in total. The van der Waals surface area contributed by atoms with Crippen LogP contribution in [0.25, 0.3) is 0 Å². The number of hydrogen-bond acceptors (Lipinski definition) is 5. The van der Waals surface area contributed by atoms with Crippen molar-refractivity contribution in [3.63, 3.8) is 0 Å². The number of hydrogen-bond donors (Lipinski definition) is 3. The molecule has 0 aromatic heterocycles. The predicted molar refractivity (Wildman–Crippen MR) is 67.8 cm³/mol. The van der Waals surface area contributed by atoms with Crippen LogP contribution in [0.3, 0.4) is 0 Å². The second-order valence-corrected chi connectivity index (χ2v) is 4.40. The largest absolute Gasteiger partial charge is 0.353 e. The Labute approximate surface area is 101 Å². The SMILES string of the molecule is CN[C@@H](CNC(=O)[C@H](CSC)NC)C(C)=O. The van der Waals surface area contributed by atoms with Crippen LogP contribution < -0.4 is 16.0 Å². The Morgan fingerprint density at radius 2 is 1.75 bits per heavy atom. The molecule has 0 saturated heterocycles. The number of carbonyl (C=O) groups excluding carboxylic acids is 2. The zero-order chi connectivity index (χ0) is 12.6. The third kappa shape index (κ3) is 5.48. The molecule has 0 aromatic carbocycles. The Kier molecular flexibility index (Phi) is 8.23. The molecule has 1 amide bonds. The minimum atomic E-state index is -0.310. The van der Waals surface area contributed by atoms with Crippen molar-refractivity contribution in [2.45, 2.75) is 19.0 Å². The van der Waals surface area contributed by atoms with E-state index in [0.29, 0.717) is 12.3 Å². The van der Waals surface area contributed by atoms with Crippen LogP contribution in [-0.4, -0.2) is 56.4 Å². The molecular formula is C10H21N3O2S. The molecule has 0 bridgehead atoms. The smallest absolute Gasteiger partial charge is 0.238 e. The zero-order valence-corrected chi connectivity index (χ0v) is 11.1. The normalized spacial score (nSPS) is 14.2. The summed E-state index contributed by atoms with van der Waals surface area (Å²) >= 11 is 1.60. The predicted octanol–water partition coefficient (Wildman–Crippen LogP) is -0.769. The van der Waals surface area contributed by atoms with E-state index < -0.39 is 0 Å². The maximum absolute atomic E-state index is 11.7. The van der Waals surface area contributed by atoms with Crippen molar-refractivity contribution in [3.8, 4) is 0 Å². The minimum absolute atomic E-state index is 0.0219. The van der Waals surface area contributed by atoms with E-state index in [4.69, 9.17) is 0 Å². The fraction of sp³-hybridized carbons (Fsp3) is 0.800. The summed E-state index contributed by atoms with van der Waals surface area (Å²) in [6.45, 7) is 1.84. The minimum Gasteiger partial charge on any atom is -0.353 e. The van der Waals surface area contributed by atoms with Gasteiger partial charge in [-0.15, -0.1) is 0 Å². The molecule has 0 saturated carbocycles. The molecule has 94 valence electrons. The van der Waals surface area contributed by atoms with Crippen molar-refractivity contribution < 1.29 is 9.59 Å². The van der Waals surface area contributed by atoms with Crippen LogP contribution in [0.5, 0.6) is 0 Å². The quantitative estimate of drug-likeness (QED) is 0.525. The molecule has 6 heteroatoms. The van der Waals surface area contributed by atoms with Gasteiger partial charge in [-0.2, -0.15) is 11.8 Å². The fourth-order valence-electron chi connectivity index (χ4n) is 1.23. The molecule has 0 spiro atoms. The van der Waals surface area contributed by atoms with Gasteiger partial charge in [0.1, 0.15) is 5.78 Å². The second-order valence-electron chi connectivity index (χ2n) is 3.49. The molecule has 2 atom stereocenters. The molecule has 0 unspecified atom stereocenters. The summed E-state index contributed by atoms with van der Waals surface area (Å²) in [4.78, 5) is 22.8. The Morgan fingerprint density at radius 3 is 2.12 bits per heavy atom. The third-order valence-electron chi connectivity index (χ3n) is 2.32. The van der Waals surface area contributed by atoms with E-state index in [1.54, 1.807) is 25.9 Å². The van der Waals surface area contributed by atoms with Crippen molar-refractivity contribution in [2.75, 3.05) is 32.6 Å². The molecule has 0 rings (SSSR count). The Bertz CT molecular complexity index is 236. The molecule has 0 aliphatic rings. The number of carbonyl (C=O) groups is 2. The first-order valence-electron chi connectivity index (χ1n) is 5.18. The van der Waals surface area contributed by atoms with Gasteiger partial charge >= 0.3 is 0 Å². The van der Waals surface area contributed by atoms with Crippen molar-refractivity contribution in [3.05, 3.63) is 0 Å². The molecule has 0 heterocycles. The van der Waals surface area contributed by atoms with Crippen LogP contribution in [0.15, 0.2) is 0 Å². The van der Waals surface area contributed by atoms with Gasteiger partial charge in [0.2, 0.25) is 5.91 Å². The van der Waals surface area contributed by atoms with E-state index in [0.717, 1.165) is 0 Å². The average molecular weight is 247 g/mol. The summed E-state index contributed by atoms with van der Waals surface area (Å²) in [5.74, 6) is 0.666. The van der Waals surface area contributed by atoms with E-state index in [1.165, 1.54) is 6.92 Å². The number of nitrogens with one attached hydrogen (secondary N) is 3. The van der Waals surface area contributed by atoms with Gasteiger partial charge in [0.25, 0.3) is 0 Å².